The Hall–Kier alpha value is -1.29. The number of furan rings is 1. The van der Waals surface area contributed by atoms with E-state index in [4.69, 9.17) is 4.42 Å². The normalized spacial score (nSPS) is 38.7. The molecule has 5 aliphatic rings. The van der Waals surface area contributed by atoms with Crippen LogP contribution in [0.25, 0.3) is 0 Å². The molecule has 4 nitrogen and oxygen atoms in total. The predicted octanol–water partition coefficient (Wildman–Crippen LogP) is 1.90. The number of piperazine rings is 1. The summed E-state index contributed by atoms with van der Waals surface area (Å²) >= 11 is 0. The van der Waals surface area contributed by atoms with Crippen LogP contribution in [-0.2, 0) is 0 Å². The first kappa shape index (κ1) is 15.0. The second-order valence-electron chi connectivity index (χ2n) is 9.00. The highest BCUT2D eigenvalue weighted by atomic mass is 16.3. The molecule has 4 heteroatoms. The fourth-order valence-corrected chi connectivity index (χ4v) is 6.76. The van der Waals surface area contributed by atoms with E-state index in [2.05, 4.69) is 0 Å². The number of carbonyl (C=O) groups is 1. The SMILES string of the molecule is Cc1ccc(C(=O)N2CC[NH+](C34CC5CC(CC(C5)C3)C4)CC2)o1. The summed E-state index contributed by atoms with van der Waals surface area (Å²) in [7, 11) is 0. The van der Waals surface area contributed by atoms with E-state index in [-0.39, 0.29) is 5.91 Å². The van der Waals surface area contributed by atoms with Gasteiger partial charge in [-0.3, -0.25) is 4.79 Å². The Bertz CT molecular complexity index is 607. The molecule has 1 aromatic rings. The van der Waals surface area contributed by atoms with Gasteiger partial charge in [0.1, 0.15) is 5.76 Å². The number of carbonyl (C=O) groups excluding carboxylic acids is 1. The van der Waals surface area contributed by atoms with E-state index in [0.29, 0.717) is 11.3 Å². The molecule has 4 saturated carbocycles. The van der Waals surface area contributed by atoms with Gasteiger partial charge in [0.05, 0.1) is 31.7 Å². The first-order chi connectivity index (χ1) is 11.6. The van der Waals surface area contributed by atoms with Crippen LogP contribution in [0.1, 0.15) is 54.8 Å². The molecule has 4 bridgehead atoms. The maximum Gasteiger partial charge on any atom is 0.289 e. The molecule has 1 aliphatic heterocycles. The highest BCUT2D eigenvalue weighted by molar-refractivity contribution is 5.91. The molecular weight excluding hydrogens is 300 g/mol. The zero-order valence-corrected chi connectivity index (χ0v) is 14.7. The van der Waals surface area contributed by atoms with Gasteiger partial charge in [-0.25, -0.2) is 0 Å². The van der Waals surface area contributed by atoms with Gasteiger partial charge >= 0.3 is 0 Å². The summed E-state index contributed by atoms with van der Waals surface area (Å²) in [5.74, 6) is 4.42. The summed E-state index contributed by atoms with van der Waals surface area (Å²) in [5, 5.41) is 0. The monoisotopic (exact) mass is 329 g/mol. The minimum absolute atomic E-state index is 0.0765. The van der Waals surface area contributed by atoms with E-state index in [0.717, 1.165) is 49.7 Å². The van der Waals surface area contributed by atoms with Crippen LogP contribution in [0.2, 0.25) is 0 Å². The summed E-state index contributed by atoms with van der Waals surface area (Å²) < 4.78 is 5.53. The Balaban J connectivity index is 1.26. The van der Waals surface area contributed by atoms with Crippen molar-refractivity contribution in [2.24, 2.45) is 17.8 Å². The maximum absolute atomic E-state index is 12.6. The topological polar surface area (TPSA) is 37.9 Å². The number of aryl methyl sites for hydroxylation is 1. The first-order valence-electron chi connectivity index (χ1n) is 9.82. The van der Waals surface area contributed by atoms with Crippen LogP contribution in [0.4, 0.5) is 0 Å². The Labute approximate surface area is 144 Å². The third-order valence-corrected chi connectivity index (χ3v) is 7.39. The van der Waals surface area contributed by atoms with Crippen LogP contribution in [0.3, 0.4) is 0 Å². The molecule has 2 heterocycles. The second-order valence-corrected chi connectivity index (χ2v) is 9.00. The molecule has 1 amide bonds. The van der Waals surface area contributed by atoms with Crippen LogP contribution in [0, 0.1) is 24.7 Å². The highest BCUT2D eigenvalue weighted by Crippen LogP contribution is 2.54. The van der Waals surface area contributed by atoms with Gasteiger partial charge in [0.25, 0.3) is 5.91 Å². The van der Waals surface area contributed by atoms with E-state index in [9.17, 15) is 4.79 Å². The molecule has 1 saturated heterocycles. The Morgan fingerprint density at radius 1 is 1.08 bits per heavy atom. The largest absolute Gasteiger partial charge is 0.456 e. The zero-order chi connectivity index (χ0) is 16.3. The van der Waals surface area contributed by atoms with Crippen molar-refractivity contribution < 1.29 is 14.1 Å². The van der Waals surface area contributed by atoms with Crippen molar-refractivity contribution in [3.8, 4) is 0 Å². The number of rotatable bonds is 2. The maximum atomic E-state index is 12.6. The quantitative estimate of drug-likeness (QED) is 0.900. The minimum Gasteiger partial charge on any atom is -0.456 e. The molecule has 5 fully saturated rings. The van der Waals surface area contributed by atoms with E-state index in [1.165, 1.54) is 38.5 Å². The Morgan fingerprint density at radius 3 is 2.17 bits per heavy atom. The molecule has 6 rings (SSSR count). The van der Waals surface area contributed by atoms with E-state index >= 15 is 0 Å². The van der Waals surface area contributed by atoms with E-state index < -0.39 is 0 Å². The van der Waals surface area contributed by atoms with Crippen LogP contribution in [0.5, 0.6) is 0 Å². The van der Waals surface area contributed by atoms with Crippen molar-refractivity contribution in [3.63, 3.8) is 0 Å². The van der Waals surface area contributed by atoms with Gasteiger partial charge in [0.2, 0.25) is 0 Å². The average Bonchev–Trinajstić information content (AvgIpc) is 3.00. The number of quaternary nitrogens is 1. The Morgan fingerprint density at radius 2 is 1.67 bits per heavy atom. The lowest BCUT2D eigenvalue weighted by Gasteiger charge is -2.59. The van der Waals surface area contributed by atoms with Crippen LogP contribution in [0.15, 0.2) is 16.5 Å². The molecule has 24 heavy (non-hydrogen) atoms. The molecule has 0 atom stereocenters. The summed E-state index contributed by atoms with van der Waals surface area (Å²) in [6.45, 7) is 5.91. The summed E-state index contributed by atoms with van der Waals surface area (Å²) in [6, 6.07) is 3.69. The van der Waals surface area contributed by atoms with Crippen molar-refractivity contribution in [2.45, 2.75) is 51.0 Å². The fourth-order valence-electron chi connectivity index (χ4n) is 6.76. The van der Waals surface area contributed by atoms with Crippen LogP contribution in [-0.4, -0.2) is 42.5 Å². The van der Waals surface area contributed by atoms with Crippen molar-refractivity contribution >= 4 is 5.91 Å². The summed E-state index contributed by atoms with van der Waals surface area (Å²) in [6.07, 6.45) is 8.90. The van der Waals surface area contributed by atoms with E-state index in [1.54, 1.807) is 4.90 Å². The third-order valence-electron chi connectivity index (χ3n) is 7.39. The lowest BCUT2D eigenvalue weighted by molar-refractivity contribution is -0.962. The van der Waals surface area contributed by atoms with Gasteiger partial charge in [0.15, 0.2) is 5.76 Å². The minimum atomic E-state index is 0.0765. The summed E-state index contributed by atoms with van der Waals surface area (Å²) in [4.78, 5) is 16.4. The van der Waals surface area contributed by atoms with Gasteiger partial charge < -0.3 is 14.2 Å². The standard InChI is InChI=1S/C20H28N2O2/c1-14-2-3-18(24-14)19(23)21-4-6-22(7-5-21)20-11-15-8-16(12-20)10-17(9-15)13-20/h2-3,15-17H,4-13H2,1H3/p+1. The van der Waals surface area contributed by atoms with Crippen LogP contribution < -0.4 is 4.90 Å². The Kier molecular flexibility index (Phi) is 3.35. The van der Waals surface area contributed by atoms with Crippen LogP contribution >= 0.6 is 0 Å². The van der Waals surface area contributed by atoms with Crippen molar-refractivity contribution in [1.82, 2.24) is 4.90 Å². The fraction of sp³-hybridized carbons (Fsp3) is 0.750. The van der Waals surface area contributed by atoms with Gasteiger partial charge in [-0.2, -0.15) is 0 Å². The molecule has 1 aromatic heterocycles. The van der Waals surface area contributed by atoms with Gasteiger partial charge in [-0.1, -0.05) is 0 Å². The molecular formula is C20H29N2O2+. The van der Waals surface area contributed by atoms with Crippen molar-refractivity contribution in [2.75, 3.05) is 26.2 Å². The molecule has 0 spiro atoms. The molecule has 1 N–H and O–H groups in total. The zero-order valence-electron chi connectivity index (χ0n) is 14.7. The molecule has 130 valence electrons. The number of nitrogens with one attached hydrogen (secondary N) is 1. The number of hydrogen-bond acceptors (Lipinski definition) is 2. The average molecular weight is 329 g/mol. The lowest BCUT2D eigenvalue weighted by Crippen LogP contribution is -3.23. The molecule has 0 radical (unpaired) electrons. The smallest absolute Gasteiger partial charge is 0.289 e. The van der Waals surface area contributed by atoms with Crippen molar-refractivity contribution in [3.05, 3.63) is 23.7 Å². The second kappa shape index (κ2) is 5.35. The first-order valence-corrected chi connectivity index (χ1v) is 9.82. The number of nitrogens with zero attached hydrogens (tertiary/aromatic N) is 1. The number of hydrogen-bond donors (Lipinski definition) is 1. The molecule has 4 aliphatic carbocycles. The predicted molar refractivity (Wildman–Crippen MR) is 90.9 cm³/mol. The lowest BCUT2D eigenvalue weighted by atomic mass is 9.52. The molecule has 0 unspecified atom stereocenters. The molecule has 0 aromatic carbocycles. The van der Waals surface area contributed by atoms with Gasteiger partial charge in [-0.05, 0) is 56.1 Å². The van der Waals surface area contributed by atoms with Crippen molar-refractivity contribution in [1.29, 1.82) is 0 Å². The highest BCUT2D eigenvalue weighted by Gasteiger charge is 2.56. The third kappa shape index (κ3) is 2.33. The van der Waals surface area contributed by atoms with Gasteiger partial charge in [0, 0.05) is 19.3 Å². The summed E-state index contributed by atoms with van der Waals surface area (Å²) in [5.41, 5.74) is 0.561. The van der Waals surface area contributed by atoms with E-state index in [1.807, 2.05) is 24.0 Å². The van der Waals surface area contributed by atoms with Gasteiger partial charge in [-0.15, -0.1) is 0 Å². The number of amides is 1.